The van der Waals surface area contributed by atoms with E-state index in [2.05, 4.69) is 15.1 Å². The lowest BCUT2D eigenvalue weighted by atomic mass is 10.2. The Hall–Kier alpha value is -1.80. The second-order valence-corrected chi connectivity index (χ2v) is 6.39. The zero-order chi connectivity index (χ0) is 16.4. The van der Waals surface area contributed by atoms with E-state index in [0.717, 1.165) is 17.8 Å². The molecule has 8 heteroatoms. The number of carbonyl (C=O) groups excluding carboxylic acids is 1. The van der Waals surface area contributed by atoms with Gasteiger partial charge in [-0.15, -0.1) is 11.3 Å². The molecule has 2 aromatic heterocycles. The molecule has 2 atom stereocenters. The number of nitrogens with zero attached hydrogens (tertiary/aromatic N) is 4. The number of aryl methyl sites for hydroxylation is 1. The molecule has 0 bridgehead atoms. The Morgan fingerprint density at radius 2 is 2.39 bits per heavy atom. The molecule has 3 heterocycles. The quantitative estimate of drug-likeness (QED) is 0.835. The molecule has 1 aliphatic rings. The Morgan fingerprint density at radius 3 is 3.09 bits per heavy atom. The molecule has 2 unspecified atom stereocenters. The van der Waals surface area contributed by atoms with Crippen molar-refractivity contribution >= 4 is 17.2 Å². The molecule has 0 N–H and O–H groups in total. The fourth-order valence-electron chi connectivity index (χ4n) is 2.77. The molecule has 1 fully saturated rings. The fraction of sp³-hybridized carbons (Fsp3) is 0.600. The number of ether oxygens (including phenoxy) is 1. The lowest BCUT2D eigenvalue weighted by Crippen LogP contribution is -2.31. The minimum Gasteiger partial charge on any atom is -0.372 e. The number of rotatable bonds is 5. The van der Waals surface area contributed by atoms with Crippen LogP contribution in [0.15, 0.2) is 9.90 Å². The molecule has 0 aliphatic carbocycles. The maximum atomic E-state index is 12.8. The van der Waals surface area contributed by atoms with Gasteiger partial charge in [0.15, 0.2) is 5.82 Å². The number of hydrogen-bond acceptors (Lipinski definition) is 7. The van der Waals surface area contributed by atoms with Crippen LogP contribution in [0.5, 0.6) is 0 Å². The standard InChI is InChI=1S/C15H20N4O3S/c1-4-21-9(2)14-17-11(8-23-14)15(20)19-7-5-6-12(19)13-16-10(3)22-18-13/h8-9,12H,4-7H2,1-3H3. The van der Waals surface area contributed by atoms with Gasteiger partial charge >= 0.3 is 0 Å². The Kier molecular flexibility index (Phi) is 4.72. The van der Waals surface area contributed by atoms with Gasteiger partial charge in [-0.2, -0.15) is 4.98 Å². The predicted molar refractivity (Wildman–Crippen MR) is 84.2 cm³/mol. The number of hydrogen-bond donors (Lipinski definition) is 0. The molecule has 0 radical (unpaired) electrons. The smallest absolute Gasteiger partial charge is 0.273 e. The van der Waals surface area contributed by atoms with Crippen LogP contribution in [-0.4, -0.2) is 39.1 Å². The van der Waals surface area contributed by atoms with Crippen LogP contribution in [0, 0.1) is 6.92 Å². The first kappa shape index (κ1) is 16.1. The molecule has 124 valence electrons. The van der Waals surface area contributed by atoms with Crippen LogP contribution in [-0.2, 0) is 4.74 Å². The van der Waals surface area contributed by atoms with Gasteiger partial charge < -0.3 is 14.2 Å². The number of thiazole rings is 1. The summed E-state index contributed by atoms with van der Waals surface area (Å²) in [6, 6.07) is -0.130. The summed E-state index contributed by atoms with van der Waals surface area (Å²) in [7, 11) is 0. The molecule has 1 aliphatic heterocycles. The van der Waals surface area contributed by atoms with Gasteiger partial charge in [-0.1, -0.05) is 5.16 Å². The highest BCUT2D eigenvalue weighted by Gasteiger charge is 2.34. The first-order valence-electron chi connectivity index (χ1n) is 7.78. The number of amides is 1. The maximum absolute atomic E-state index is 12.8. The Balaban J connectivity index is 1.77. The van der Waals surface area contributed by atoms with Gasteiger partial charge in [0.25, 0.3) is 5.91 Å². The van der Waals surface area contributed by atoms with Crippen LogP contribution in [0.1, 0.15) is 66.0 Å². The molecule has 0 aromatic carbocycles. The van der Waals surface area contributed by atoms with Gasteiger partial charge in [0.05, 0.1) is 6.04 Å². The summed E-state index contributed by atoms with van der Waals surface area (Å²) in [5.74, 6) is 1.01. The van der Waals surface area contributed by atoms with E-state index in [-0.39, 0.29) is 18.1 Å². The second kappa shape index (κ2) is 6.76. The molecule has 2 aromatic rings. The van der Waals surface area contributed by atoms with Gasteiger partial charge in [-0.05, 0) is 26.7 Å². The van der Waals surface area contributed by atoms with Crippen molar-refractivity contribution in [2.24, 2.45) is 0 Å². The summed E-state index contributed by atoms with van der Waals surface area (Å²) < 4.78 is 10.6. The lowest BCUT2D eigenvalue weighted by Gasteiger charge is -2.21. The molecule has 0 spiro atoms. The van der Waals surface area contributed by atoms with Gasteiger partial charge in [0, 0.05) is 25.5 Å². The molecule has 0 saturated carbocycles. The van der Waals surface area contributed by atoms with Crippen LogP contribution >= 0.6 is 11.3 Å². The van der Waals surface area contributed by atoms with Gasteiger partial charge in [0.2, 0.25) is 5.89 Å². The van der Waals surface area contributed by atoms with Crippen molar-refractivity contribution in [1.29, 1.82) is 0 Å². The fourth-order valence-corrected chi connectivity index (χ4v) is 3.57. The van der Waals surface area contributed by atoms with E-state index in [1.54, 1.807) is 17.2 Å². The number of carbonyl (C=O) groups is 1. The van der Waals surface area contributed by atoms with Gasteiger partial charge in [-0.3, -0.25) is 4.79 Å². The molecular formula is C15H20N4O3S. The highest BCUT2D eigenvalue weighted by atomic mass is 32.1. The van der Waals surface area contributed by atoms with E-state index in [4.69, 9.17) is 9.26 Å². The second-order valence-electron chi connectivity index (χ2n) is 5.50. The van der Waals surface area contributed by atoms with Crippen molar-refractivity contribution in [3.8, 4) is 0 Å². The van der Waals surface area contributed by atoms with Crippen LogP contribution in [0.25, 0.3) is 0 Å². The zero-order valence-corrected chi connectivity index (χ0v) is 14.3. The Bertz CT molecular complexity index is 684. The third-order valence-corrected chi connectivity index (χ3v) is 4.87. The molecule has 3 rings (SSSR count). The largest absolute Gasteiger partial charge is 0.372 e. The number of likely N-dealkylation sites (tertiary alicyclic amines) is 1. The maximum Gasteiger partial charge on any atom is 0.273 e. The Morgan fingerprint density at radius 1 is 1.57 bits per heavy atom. The van der Waals surface area contributed by atoms with E-state index in [0.29, 0.717) is 30.6 Å². The monoisotopic (exact) mass is 336 g/mol. The van der Waals surface area contributed by atoms with E-state index in [9.17, 15) is 4.79 Å². The topological polar surface area (TPSA) is 81.4 Å². The zero-order valence-electron chi connectivity index (χ0n) is 13.5. The minimum absolute atomic E-state index is 0.0823. The van der Waals surface area contributed by atoms with Crippen molar-refractivity contribution in [3.63, 3.8) is 0 Å². The van der Waals surface area contributed by atoms with E-state index >= 15 is 0 Å². The lowest BCUT2D eigenvalue weighted by molar-refractivity contribution is 0.0711. The van der Waals surface area contributed by atoms with Crippen molar-refractivity contribution in [2.45, 2.75) is 45.8 Å². The first-order chi connectivity index (χ1) is 11.1. The van der Waals surface area contributed by atoms with E-state index < -0.39 is 0 Å². The van der Waals surface area contributed by atoms with Crippen LogP contribution < -0.4 is 0 Å². The molecule has 23 heavy (non-hydrogen) atoms. The summed E-state index contributed by atoms with van der Waals surface area (Å²) in [4.78, 5) is 23.3. The average Bonchev–Trinajstić information content (AvgIpc) is 3.26. The Labute approximate surface area is 138 Å². The third kappa shape index (κ3) is 3.28. The van der Waals surface area contributed by atoms with Crippen molar-refractivity contribution in [1.82, 2.24) is 20.0 Å². The van der Waals surface area contributed by atoms with Crippen molar-refractivity contribution < 1.29 is 14.1 Å². The third-order valence-electron chi connectivity index (χ3n) is 3.86. The molecule has 1 saturated heterocycles. The van der Waals surface area contributed by atoms with E-state index in [1.807, 2.05) is 13.8 Å². The SMILES string of the molecule is CCOC(C)c1nc(C(=O)N2CCCC2c2noc(C)n2)cs1. The minimum atomic E-state index is -0.130. The van der Waals surface area contributed by atoms with Crippen molar-refractivity contribution in [2.75, 3.05) is 13.2 Å². The van der Waals surface area contributed by atoms with Crippen LogP contribution in [0.2, 0.25) is 0 Å². The summed E-state index contributed by atoms with van der Waals surface area (Å²) >= 11 is 1.45. The molecule has 1 amide bonds. The summed E-state index contributed by atoms with van der Waals surface area (Å²) in [6.45, 7) is 6.94. The van der Waals surface area contributed by atoms with Gasteiger partial charge in [-0.25, -0.2) is 4.98 Å². The number of aromatic nitrogens is 3. The van der Waals surface area contributed by atoms with E-state index in [1.165, 1.54) is 11.3 Å². The van der Waals surface area contributed by atoms with Crippen LogP contribution in [0.3, 0.4) is 0 Å². The van der Waals surface area contributed by atoms with Crippen LogP contribution in [0.4, 0.5) is 0 Å². The summed E-state index contributed by atoms with van der Waals surface area (Å²) in [6.07, 6.45) is 1.67. The highest BCUT2D eigenvalue weighted by molar-refractivity contribution is 7.09. The molecule has 7 nitrogen and oxygen atoms in total. The highest BCUT2D eigenvalue weighted by Crippen LogP contribution is 2.32. The summed E-state index contributed by atoms with van der Waals surface area (Å²) in [5, 5.41) is 6.58. The summed E-state index contributed by atoms with van der Waals surface area (Å²) in [5.41, 5.74) is 0.462. The first-order valence-corrected chi connectivity index (χ1v) is 8.66. The predicted octanol–water partition coefficient (Wildman–Crippen LogP) is 2.91. The normalized spacial score (nSPS) is 19.3. The average molecular weight is 336 g/mol. The van der Waals surface area contributed by atoms with Gasteiger partial charge in [0.1, 0.15) is 16.8 Å². The molecular weight excluding hydrogens is 316 g/mol. The van der Waals surface area contributed by atoms with Crippen molar-refractivity contribution in [3.05, 3.63) is 27.8 Å².